The van der Waals surface area contributed by atoms with E-state index >= 15 is 0 Å². The van der Waals surface area contributed by atoms with Gasteiger partial charge in [-0.2, -0.15) is 0 Å². The van der Waals surface area contributed by atoms with Crippen LogP contribution in [0.5, 0.6) is 0 Å². The molecule has 0 aliphatic carbocycles. The molecule has 2 heterocycles. The lowest BCUT2D eigenvalue weighted by Gasteiger charge is -2.18. The van der Waals surface area contributed by atoms with Gasteiger partial charge < -0.3 is 15.6 Å². The number of hydrogen-bond acceptors (Lipinski definition) is 4. The minimum atomic E-state index is -0.455. The third kappa shape index (κ3) is 3.12. The Morgan fingerprint density at radius 3 is 2.84 bits per heavy atom. The molecule has 1 aromatic rings. The van der Waals surface area contributed by atoms with Gasteiger partial charge in [0.05, 0.1) is 12.1 Å². The smallest absolute Gasteiger partial charge is 0.237 e. The fourth-order valence-corrected chi connectivity index (χ4v) is 2.49. The molecule has 1 aliphatic rings. The maximum absolute atomic E-state index is 12.0. The number of nitrogens with one attached hydrogen (secondary N) is 1. The summed E-state index contributed by atoms with van der Waals surface area (Å²) >= 11 is 0. The first-order chi connectivity index (χ1) is 8.99. The molecule has 1 amide bonds. The molecule has 1 aliphatic heterocycles. The fraction of sp³-hybridized carbons (Fsp3) is 0.769. The predicted octanol–water partition coefficient (Wildman–Crippen LogP) is 0.775. The standard InChI is InChI=1S/C13H23N5O/c1-8(2)7-10(14)13(19)15-9(3)12-17-16-11-5-4-6-18(11)12/h8-10H,4-7,14H2,1-3H3,(H,15,19)/t9?,10-/m0/s1. The molecule has 106 valence electrons. The molecule has 0 fully saturated rings. The zero-order valence-electron chi connectivity index (χ0n) is 11.9. The van der Waals surface area contributed by atoms with E-state index < -0.39 is 6.04 Å². The van der Waals surface area contributed by atoms with Crippen molar-refractivity contribution >= 4 is 5.91 Å². The number of aryl methyl sites for hydroxylation is 1. The molecule has 0 bridgehead atoms. The van der Waals surface area contributed by atoms with Crippen LogP contribution in [0.2, 0.25) is 0 Å². The van der Waals surface area contributed by atoms with Gasteiger partial charge in [-0.05, 0) is 25.7 Å². The van der Waals surface area contributed by atoms with Gasteiger partial charge in [0.25, 0.3) is 0 Å². The molecule has 0 radical (unpaired) electrons. The third-order valence-electron chi connectivity index (χ3n) is 3.45. The van der Waals surface area contributed by atoms with E-state index in [2.05, 4.69) is 33.9 Å². The molecule has 6 heteroatoms. The van der Waals surface area contributed by atoms with E-state index in [1.807, 2.05) is 6.92 Å². The molecule has 0 saturated heterocycles. The normalized spacial score (nSPS) is 17.3. The van der Waals surface area contributed by atoms with E-state index in [9.17, 15) is 4.79 Å². The van der Waals surface area contributed by atoms with Gasteiger partial charge in [0, 0.05) is 13.0 Å². The second kappa shape index (κ2) is 5.69. The summed E-state index contributed by atoms with van der Waals surface area (Å²) in [5, 5.41) is 11.2. The van der Waals surface area contributed by atoms with Crippen molar-refractivity contribution in [2.75, 3.05) is 0 Å². The first-order valence-corrected chi connectivity index (χ1v) is 6.97. The van der Waals surface area contributed by atoms with Crippen molar-refractivity contribution in [1.29, 1.82) is 0 Å². The fourth-order valence-electron chi connectivity index (χ4n) is 2.49. The molecule has 0 spiro atoms. The van der Waals surface area contributed by atoms with Gasteiger partial charge >= 0.3 is 0 Å². The highest BCUT2D eigenvalue weighted by Crippen LogP contribution is 2.19. The largest absolute Gasteiger partial charge is 0.345 e. The highest BCUT2D eigenvalue weighted by molar-refractivity contribution is 5.81. The van der Waals surface area contributed by atoms with Gasteiger partial charge in [0.1, 0.15) is 5.82 Å². The van der Waals surface area contributed by atoms with Gasteiger partial charge in [0.15, 0.2) is 5.82 Å². The maximum atomic E-state index is 12.0. The number of fused-ring (bicyclic) bond motifs is 1. The van der Waals surface area contributed by atoms with Crippen molar-refractivity contribution < 1.29 is 4.79 Å². The summed E-state index contributed by atoms with van der Waals surface area (Å²) in [7, 11) is 0. The van der Waals surface area contributed by atoms with Gasteiger partial charge in [-0.1, -0.05) is 13.8 Å². The van der Waals surface area contributed by atoms with Crippen molar-refractivity contribution in [2.45, 2.75) is 58.7 Å². The SMILES string of the molecule is CC(C)C[C@H](N)C(=O)NC(C)c1nnc2n1CCC2. The number of nitrogens with two attached hydrogens (primary N) is 1. The Kier molecular flexibility index (Phi) is 4.19. The number of rotatable bonds is 5. The van der Waals surface area contributed by atoms with E-state index in [-0.39, 0.29) is 11.9 Å². The topological polar surface area (TPSA) is 85.8 Å². The Hall–Kier alpha value is -1.43. The number of aromatic nitrogens is 3. The second-order valence-electron chi connectivity index (χ2n) is 5.70. The van der Waals surface area contributed by atoms with Gasteiger partial charge in [-0.15, -0.1) is 10.2 Å². The summed E-state index contributed by atoms with van der Waals surface area (Å²) in [4.78, 5) is 12.0. The Bertz CT molecular complexity index is 454. The van der Waals surface area contributed by atoms with Gasteiger partial charge in [-0.25, -0.2) is 0 Å². The minimum absolute atomic E-state index is 0.114. The van der Waals surface area contributed by atoms with E-state index in [4.69, 9.17) is 5.73 Å². The first kappa shape index (κ1) is 14.0. The van der Waals surface area contributed by atoms with E-state index in [0.29, 0.717) is 12.3 Å². The molecule has 3 N–H and O–H groups in total. The molecule has 1 unspecified atom stereocenters. The molecular formula is C13H23N5O. The Balaban J connectivity index is 1.97. The minimum Gasteiger partial charge on any atom is -0.345 e. The van der Waals surface area contributed by atoms with Crippen LogP contribution in [0, 0.1) is 5.92 Å². The van der Waals surface area contributed by atoms with Crippen LogP contribution in [0.15, 0.2) is 0 Å². The van der Waals surface area contributed by atoms with Crippen LogP contribution >= 0.6 is 0 Å². The number of carbonyl (C=O) groups excluding carboxylic acids is 1. The summed E-state index contributed by atoms with van der Waals surface area (Å²) in [5.41, 5.74) is 5.88. The van der Waals surface area contributed by atoms with Crippen molar-refractivity contribution in [1.82, 2.24) is 20.1 Å². The monoisotopic (exact) mass is 265 g/mol. The first-order valence-electron chi connectivity index (χ1n) is 6.97. The lowest BCUT2D eigenvalue weighted by molar-refractivity contribution is -0.123. The number of hydrogen-bond donors (Lipinski definition) is 2. The van der Waals surface area contributed by atoms with Crippen LogP contribution in [0.1, 0.15) is 51.3 Å². The maximum Gasteiger partial charge on any atom is 0.237 e. The van der Waals surface area contributed by atoms with Crippen LogP contribution < -0.4 is 11.1 Å². The summed E-state index contributed by atoms with van der Waals surface area (Å²) in [5.74, 6) is 2.14. The quantitative estimate of drug-likeness (QED) is 0.823. The highest BCUT2D eigenvalue weighted by Gasteiger charge is 2.24. The molecule has 2 atom stereocenters. The summed E-state index contributed by atoms with van der Waals surface area (Å²) in [6.07, 6.45) is 2.77. The molecule has 1 aromatic heterocycles. The van der Waals surface area contributed by atoms with Crippen LogP contribution in [-0.4, -0.2) is 26.7 Å². The van der Waals surface area contributed by atoms with Crippen LogP contribution in [0.4, 0.5) is 0 Å². The van der Waals surface area contributed by atoms with Crippen molar-refractivity contribution in [2.24, 2.45) is 11.7 Å². The highest BCUT2D eigenvalue weighted by atomic mass is 16.2. The Morgan fingerprint density at radius 2 is 2.16 bits per heavy atom. The zero-order valence-corrected chi connectivity index (χ0v) is 11.9. The molecule has 6 nitrogen and oxygen atoms in total. The third-order valence-corrected chi connectivity index (χ3v) is 3.45. The molecule has 0 aromatic carbocycles. The van der Waals surface area contributed by atoms with Crippen LogP contribution in [-0.2, 0) is 17.8 Å². The second-order valence-corrected chi connectivity index (χ2v) is 5.70. The average molecular weight is 265 g/mol. The number of carbonyl (C=O) groups is 1. The molecule has 2 rings (SSSR count). The van der Waals surface area contributed by atoms with E-state index in [0.717, 1.165) is 31.0 Å². The van der Waals surface area contributed by atoms with Crippen molar-refractivity contribution in [3.63, 3.8) is 0 Å². The molecule has 0 saturated carbocycles. The van der Waals surface area contributed by atoms with Crippen molar-refractivity contribution in [3.05, 3.63) is 11.6 Å². The summed E-state index contributed by atoms with van der Waals surface area (Å²) in [6.45, 7) is 6.98. The van der Waals surface area contributed by atoms with E-state index in [1.54, 1.807) is 0 Å². The number of amides is 1. The molecular weight excluding hydrogens is 242 g/mol. The predicted molar refractivity (Wildman–Crippen MR) is 72.3 cm³/mol. The zero-order chi connectivity index (χ0) is 14.0. The Labute approximate surface area is 113 Å². The van der Waals surface area contributed by atoms with Gasteiger partial charge in [0.2, 0.25) is 5.91 Å². The lowest BCUT2D eigenvalue weighted by atomic mass is 10.0. The van der Waals surface area contributed by atoms with Crippen molar-refractivity contribution in [3.8, 4) is 0 Å². The Morgan fingerprint density at radius 1 is 1.42 bits per heavy atom. The summed E-state index contributed by atoms with van der Waals surface area (Å²) < 4.78 is 2.10. The molecule has 19 heavy (non-hydrogen) atoms. The van der Waals surface area contributed by atoms with Gasteiger partial charge in [-0.3, -0.25) is 4.79 Å². The average Bonchev–Trinajstić information content (AvgIpc) is 2.88. The van der Waals surface area contributed by atoms with Crippen LogP contribution in [0.3, 0.4) is 0 Å². The number of nitrogens with zero attached hydrogens (tertiary/aromatic N) is 3. The summed E-state index contributed by atoms with van der Waals surface area (Å²) in [6, 6.07) is -0.603. The van der Waals surface area contributed by atoms with E-state index in [1.165, 1.54) is 0 Å². The lowest BCUT2D eigenvalue weighted by Crippen LogP contribution is -2.42. The van der Waals surface area contributed by atoms with Crippen LogP contribution in [0.25, 0.3) is 0 Å².